The van der Waals surface area contributed by atoms with Crippen LogP contribution in [0.3, 0.4) is 0 Å². The summed E-state index contributed by atoms with van der Waals surface area (Å²) in [5.41, 5.74) is 0. The van der Waals surface area contributed by atoms with E-state index in [1.165, 1.54) is 12.8 Å². The Hall–Kier alpha value is -0.340. The molecule has 0 bridgehead atoms. The van der Waals surface area contributed by atoms with Gasteiger partial charge in [0.15, 0.2) is 0 Å². The summed E-state index contributed by atoms with van der Waals surface area (Å²) < 4.78 is 0. The molecule has 2 nitrogen and oxygen atoms in total. The maximum absolute atomic E-state index is 9.31. The lowest BCUT2D eigenvalue weighted by atomic mass is 9.96. The van der Waals surface area contributed by atoms with Gasteiger partial charge in [-0.15, -0.1) is 0 Å². The third-order valence-electron chi connectivity index (χ3n) is 3.75. The van der Waals surface area contributed by atoms with Crippen LogP contribution in [0.4, 0.5) is 0 Å². The van der Waals surface area contributed by atoms with Gasteiger partial charge >= 0.3 is 0 Å². The molecule has 1 aliphatic heterocycles. The highest BCUT2D eigenvalue weighted by atomic mass is 16.3. The van der Waals surface area contributed by atoms with E-state index in [2.05, 4.69) is 44.9 Å². The fourth-order valence-electron chi connectivity index (χ4n) is 2.83. The molecule has 1 aliphatic rings. The van der Waals surface area contributed by atoms with E-state index >= 15 is 0 Å². The Morgan fingerprint density at radius 2 is 2.20 bits per heavy atom. The van der Waals surface area contributed by atoms with E-state index in [4.69, 9.17) is 0 Å². The lowest BCUT2D eigenvalue weighted by Crippen LogP contribution is -2.36. The minimum Gasteiger partial charge on any atom is -0.395 e. The van der Waals surface area contributed by atoms with Crippen LogP contribution in [0.15, 0.2) is 12.2 Å². The van der Waals surface area contributed by atoms with Crippen LogP contribution in [0.2, 0.25) is 0 Å². The number of allylic oxidation sites excluding steroid dienone is 2. The summed E-state index contributed by atoms with van der Waals surface area (Å²) in [5, 5.41) is 9.31. The van der Waals surface area contributed by atoms with Gasteiger partial charge in [-0.2, -0.15) is 0 Å². The number of aliphatic hydroxyl groups excluding tert-OH is 1. The Morgan fingerprint density at radius 1 is 1.53 bits per heavy atom. The zero-order chi connectivity index (χ0) is 11.4. The highest BCUT2D eigenvalue weighted by Gasteiger charge is 2.35. The molecule has 15 heavy (non-hydrogen) atoms. The quantitative estimate of drug-likeness (QED) is 0.721. The number of nitrogens with zero attached hydrogens (tertiary/aromatic N) is 1. The smallest absolute Gasteiger partial charge is 0.0589 e. The monoisotopic (exact) mass is 211 g/mol. The number of likely N-dealkylation sites (N-methyl/N-ethyl adjacent to an activating group) is 1. The van der Waals surface area contributed by atoms with E-state index in [0.717, 1.165) is 0 Å². The molecule has 1 fully saturated rings. The van der Waals surface area contributed by atoms with Crippen LogP contribution in [0.1, 0.15) is 33.6 Å². The van der Waals surface area contributed by atoms with Crippen LogP contribution in [-0.2, 0) is 0 Å². The summed E-state index contributed by atoms with van der Waals surface area (Å²) in [4.78, 5) is 2.37. The van der Waals surface area contributed by atoms with Gasteiger partial charge < -0.3 is 5.11 Å². The van der Waals surface area contributed by atoms with Gasteiger partial charge in [0, 0.05) is 12.1 Å². The second-order valence-corrected chi connectivity index (χ2v) is 5.02. The molecule has 1 N–H and O–H groups in total. The van der Waals surface area contributed by atoms with Crippen molar-refractivity contribution in [1.82, 2.24) is 4.90 Å². The van der Waals surface area contributed by atoms with Gasteiger partial charge in [-0.05, 0) is 38.6 Å². The fraction of sp³-hybridized carbons (Fsp3) is 0.846. The molecule has 4 atom stereocenters. The summed E-state index contributed by atoms with van der Waals surface area (Å²) >= 11 is 0. The van der Waals surface area contributed by atoms with Crippen molar-refractivity contribution in [3.8, 4) is 0 Å². The molecule has 1 rings (SSSR count). The zero-order valence-corrected chi connectivity index (χ0v) is 10.5. The van der Waals surface area contributed by atoms with Crippen molar-refractivity contribution >= 4 is 0 Å². The molecule has 0 aromatic heterocycles. The largest absolute Gasteiger partial charge is 0.395 e. The molecule has 4 unspecified atom stereocenters. The highest BCUT2D eigenvalue weighted by Crippen LogP contribution is 2.31. The van der Waals surface area contributed by atoms with Crippen LogP contribution in [0.25, 0.3) is 0 Å². The molecular formula is C13H25NO. The van der Waals surface area contributed by atoms with Crippen LogP contribution in [0.5, 0.6) is 0 Å². The van der Waals surface area contributed by atoms with Crippen molar-refractivity contribution in [2.24, 2.45) is 11.8 Å². The Bertz CT molecular complexity index is 215. The molecule has 0 saturated carbocycles. The molecule has 1 heterocycles. The first-order valence-corrected chi connectivity index (χ1v) is 6.05. The Balaban J connectivity index is 2.51. The maximum atomic E-state index is 9.31. The average Bonchev–Trinajstić information content (AvgIpc) is 2.42. The van der Waals surface area contributed by atoms with E-state index in [9.17, 15) is 5.11 Å². The van der Waals surface area contributed by atoms with Gasteiger partial charge in [0.25, 0.3) is 0 Å². The first kappa shape index (κ1) is 12.7. The van der Waals surface area contributed by atoms with E-state index < -0.39 is 0 Å². The first-order chi connectivity index (χ1) is 7.10. The Labute approximate surface area is 94.0 Å². The standard InChI is InChI=1S/C13H25NO/c1-5-6-10(2)7-12-8-11(3)13(9-15)14(12)4/h5-6,10-13,15H,7-9H2,1-4H3/b6-5-. The number of aliphatic hydroxyl groups is 1. The van der Waals surface area contributed by atoms with Gasteiger partial charge in [-0.25, -0.2) is 0 Å². The van der Waals surface area contributed by atoms with Crippen molar-refractivity contribution < 1.29 is 5.11 Å². The second-order valence-electron chi connectivity index (χ2n) is 5.02. The highest BCUT2D eigenvalue weighted by molar-refractivity contribution is 4.93. The zero-order valence-electron chi connectivity index (χ0n) is 10.5. The molecule has 1 saturated heterocycles. The molecule has 2 heteroatoms. The van der Waals surface area contributed by atoms with Crippen molar-refractivity contribution in [3.05, 3.63) is 12.2 Å². The van der Waals surface area contributed by atoms with E-state index in [1.54, 1.807) is 0 Å². The minimum absolute atomic E-state index is 0.298. The van der Waals surface area contributed by atoms with E-state index in [-0.39, 0.29) is 0 Å². The Kier molecular flexibility index (Phi) is 4.81. The van der Waals surface area contributed by atoms with Gasteiger partial charge in [-0.1, -0.05) is 26.0 Å². The van der Waals surface area contributed by atoms with Gasteiger partial charge in [-0.3, -0.25) is 4.90 Å². The van der Waals surface area contributed by atoms with Crippen molar-refractivity contribution in [3.63, 3.8) is 0 Å². The molecular weight excluding hydrogens is 186 g/mol. The van der Waals surface area contributed by atoms with Crippen LogP contribution in [-0.4, -0.2) is 35.7 Å². The Morgan fingerprint density at radius 3 is 2.67 bits per heavy atom. The molecule has 0 aromatic rings. The van der Waals surface area contributed by atoms with Crippen molar-refractivity contribution in [1.29, 1.82) is 0 Å². The number of hydrogen-bond donors (Lipinski definition) is 1. The summed E-state index contributed by atoms with van der Waals surface area (Å²) in [5.74, 6) is 1.27. The molecule has 0 spiro atoms. The molecule has 0 amide bonds. The molecule has 0 radical (unpaired) electrons. The number of rotatable bonds is 4. The normalized spacial score (nSPS) is 35.1. The average molecular weight is 211 g/mol. The lowest BCUT2D eigenvalue weighted by molar-refractivity contribution is 0.134. The predicted octanol–water partition coefficient (Wildman–Crippen LogP) is 2.29. The predicted molar refractivity (Wildman–Crippen MR) is 64.8 cm³/mol. The summed E-state index contributed by atoms with van der Waals surface area (Å²) in [6, 6.07) is 1.01. The fourth-order valence-corrected chi connectivity index (χ4v) is 2.83. The lowest BCUT2D eigenvalue weighted by Gasteiger charge is -2.26. The molecule has 0 aromatic carbocycles. The van der Waals surface area contributed by atoms with Crippen molar-refractivity contribution in [2.45, 2.75) is 45.7 Å². The third-order valence-corrected chi connectivity index (χ3v) is 3.75. The topological polar surface area (TPSA) is 23.5 Å². The maximum Gasteiger partial charge on any atom is 0.0589 e. The summed E-state index contributed by atoms with van der Waals surface area (Å²) in [6.45, 7) is 6.89. The molecule has 0 aliphatic carbocycles. The molecule has 88 valence electrons. The minimum atomic E-state index is 0.298. The van der Waals surface area contributed by atoms with Crippen LogP contribution >= 0.6 is 0 Å². The first-order valence-electron chi connectivity index (χ1n) is 6.05. The van der Waals surface area contributed by atoms with E-state index in [1.807, 2.05) is 0 Å². The SMILES string of the molecule is C/C=C\C(C)CC1CC(C)C(CO)N1C. The van der Waals surface area contributed by atoms with E-state index in [0.29, 0.717) is 30.5 Å². The summed E-state index contributed by atoms with van der Waals surface area (Å²) in [6.07, 6.45) is 6.84. The second kappa shape index (κ2) is 5.66. The van der Waals surface area contributed by atoms with Gasteiger partial charge in [0.1, 0.15) is 0 Å². The van der Waals surface area contributed by atoms with Gasteiger partial charge in [0.2, 0.25) is 0 Å². The van der Waals surface area contributed by atoms with Gasteiger partial charge in [0.05, 0.1) is 6.61 Å². The third kappa shape index (κ3) is 3.05. The van der Waals surface area contributed by atoms with Crippen molar-refractivity contribution in [2.75, 3.05) is 13.7 Å². The number of hydrogen-bond acceptors (Lipinski definition) is 2. The number of likely N-dealkylation sites (tertiary alicyclic amines) is 1. The van der Waals surface area contributed by atoms with Crippen LogP contribution < -0.4 is 0 Å². The summed E-state index contributed by atoms with van der Waals surface area (Å²) in [7, 11) is 2.15. The van der Waals surface area contributed by atoms with Crippen LogP contribution in [0, 0.1) is 11.8 Å².